The number of hydrogen-bond donors (Lipinski definition) is 2. The Morgan fingerprint density at radius 2 is 1.96 bits per heavy atom. The summed E-state index contributed by atoms with van der Waals surface area (Å²) in [5, 5.41) is 0. The molecule has 1 aliphatic heterocycles. The van der Waals surface area contributed by atoms with Crippen LogP contribution in [0.3, 0.4) is 0 Å². The maximum Gasteiger partial charge on any atom is 0.228 e. The molecular weight excluding hydrogens is 316 g/mol. The molecule has 4 rings (SSSR count). The SMILES string of the molecule is COc1ccc(-c2nc(N3CCC(CN)CC3)nc3nc[nH]c23)cc1. The van der Waals surface area contributed by atoms with E-state index in [2.05, 4.69) is 19.9 Å². The first-order chi connectivity index (χ1) is 12.3. The molecule has 3 aromatic rings. The van der Waals surface area contributed by atoms with E-state index in [4.69, 9.17) is 15.5 Å². The second kappa shape index (κ2) is 6.68. The normalized spacial score (nSPS) is 15.7. The highest BCUT2D eigenvalue weighted by molar-refractivity contribution is 5.88. The number of rotatable bonds is 4. The van der Waals surface area contributed by atoms with Crippen molar-refractivity contribution in [3.63, 3.8) is 0 Å². The molecule has 1 aromatic carbocycles. The van der Waals surface area contributed by atoms with Crippen LogP contribution < -0.4 is 15.4 Å². The summed E-state index contributed by atoms with van der Waals surface area (Å²) in [7, 11) is 1.66. The maximum absolute atomic E-state index is 5.80. The molecule has 130 valence electrons. The Balaban J connectivity index is 1.72. The molecule has 7 nitrogen and oxygen atoms in total. The number of H-pyrrole nitrogens is 1. The molecule has 0 saturated carbocycles. The lowest BCUT2D eigenvalue weighted by atomic mass is 9.97. The predicted octanol–water partition coefficient (Wildman–Crippen LogP) is 2.20. The Labute approximate surface area is 146 Å². The molecule has 0 aliphatic carbocycles. The summed E-state index contributed by atoms with van der Waals surface area (Å²) in [5.41, 5.74) is 9.21. The number of anilines is 1. The molecule has 0 radical (unpaired) electrons. The lowest BCUT2D eigenvalue weighted by molar-refractivity contribution is 0.411. The Hall–Kier alpha value is -2.67. The van der Waals surface area contributed by atoms with Crippen molar-refractivity contribution in [1.82, 2.24) is 19.9 Å². The number of aromatic amines is 1. The van der Waals surface area contributed by atoms with Gasteiger partial charge in [0.2, 0.25) is 5.95 Å². The highest BCUT2D eigenvalue weighted by atomic mass is 16.5. The van der Waals surface area contributed by atoms with E-state index in [-0.39, 0.29) is 0 Å². The molecular formula is C18H22N6O. The number of benzene rings is 1. The van der Waals surface area contributed by atoms with Crippen LogP contribution in [0.2, 0.25) is 0 Å². The van der Waals surface area contributed by atoms with Gasteiger partial charge in [0.05, 0.1) is 13.4 Å². The number of nitrogens with two attached hydrogens (primary N) is 1. The van der Waals surface area contributed by atoms with Gasteiger partial charge in [0.1, 0.15) is 17.0 Å². The van der Waals surface area contributed by atoms with E-state index in [0.29, 0.717) is 11.6 Å². The monoisotopic (exact) mass is 338 g/mol. The van der Waals surface area contributed by atoms with E-state index in [1.807, 2.05) is 24.3 Å². The molecule has 25 heavy (non-hydrogen) atoms. The van der Waals surface area contributed by atoms with Crippen molar-refractivity contribution in [3.8, 4) is 17.0 Å². The second-order valence-electron chi connectivity index (χ2n) is 6.37. The van der Waals surface area contributed by atoms with Crippen LogP contribution >= 0.6 is 0 Å². The smallest absolute Gasteiger partial charge is 0.228 e. The zero-order valence-electron chi connectivity index (χ0n) is 14.3. The first-order valence-corrected chi connectivity index (χ1v) is 8.59. The first kappa shape index (κ1) is 15.8. The standard InChI is InChI=1S/C18H22N6O/c1-25-14-4-2-13(3-5-14)15-16-17(21-11-20-16)23-18(22-15)24-8-6-12(10-19)7-9-24/h2-5,11-12H,6-10,19H2,1H3,(H,20,21,22,23). The Morgan fingerprint density at radius 3 is 2.64 bits per heavy atom. The van der Waals surface area contributed by atoms with Crippen LogP contribution in [0, 0.1) is 5.92 Å². The van der Waals surface area contributed by atoms with Crippen molar-refractivity contribution in [2.45, 2.75) is 12.8 Å². The third-order valence-electron chi connectivity index (χ3n) is 4.87. The van der Waals surface area contributed by atoms with Gasteiger partial charge in [-0.25, -0.2) is 9.97 Å². The number of nitrogens with one attached hydrogen (secondary N) is 1. The first-order valence-electron chi connectivity index (χ1n) is 8.59. The van der Waals surface area contributed by atoms with Crippen molar-refractivity contribution < 1.29 is 4.74 Å². The maximum atomic E-state index is 5.80. The van der Waals surface area contributed by atoms with E-state index in [1.54, 1.807) is 13.4 Å². The number of piperidine rings is 1. The average molecular weight is 338 g/mol. The van der Waals surface area contributed by atoms with Crippen LogP contribution in [0.1, 0.15) is 12.8 Å². The zero-order valence-corrected chi connectivity index (χ0v) is 14.3. The van der Waals surface area contributed by atoms with Crippen LogP contribution in [-0.4, -0.2) is 46.7 Å². The fourth-order valence-corrected chi connectivity index (χ4v) is 3.29. The number of nitrogens with zero attached hydrogens (tertiary/aromatic N) is 4. The number of aromatic nitrogens is 4. The number of fused-ring (bicyclic) bond motifs is 1. The lowest BCUT2D eigenvalue weighted by Crippen LogP contribution is -2.37. The number of methoxy groups -OCH3 is 1. The van der Waals surface area contributed by atoms with Gasteiger partial charge >= 0.3 is 0 Å². The number of imidazole rings is 1. The van der Waals surface area contributed by atoms with Gasteiger partial charge in [-0.2, -0.15) is 4.98 Å². The molecule has 0 atom stereocenters. The Kier molecular flexibility index (Phi) is 4.23. The predicted molar refractivity (Wildman–Crippen MR) is 97.7 cm³/mol. The minimum atomic E-state index is 0.603. The molecule has 7 heteroatoms. The van der Waals surface area contributed by atoms with Gasteiger partial charge in [-0.05, 0) is 49.6 Å². The van der Waals surface area contributed by atoms with Gasteiger partial charge in [-0.1, -0.05) is 0 Å². The number of ether oxygens (including phenoxy) is 1. The molecule has 1 aliphatic rings. The van der Waals surface area contributed by atoms with Crippen molar-refractivity contribution in [2.75, 3.05) is 31.6 Å². The molecule has 0 bridgehead atoms. The van der Waals surface area contributed by atoms with Crippen LogP contribution in [0.25, 0.3) is 22.4 Å². The highest BCUT2D eigenvalue weighted by Crippen LogP contribution is 2.29. The molecule has 3 heterocycles. The summed E-state index contributed by atoms with van der Waals surface area (Å²) in [6.07, 6.45) is 3.82. The highest BCUT2D eigenvalue weighted by Gasteiger charge is 2.22. The van der Waals surface area contributed by atoms with Crippen LogP contribution in [0.4, 0.5) is 5.95 Å². The third kappa shape index (κ3) is 3.02. The molecule has 0 unspecified atom stereocenters. The van der Waals surface area contributed by atoms with E-state index in [1.165, 1.54) is 0 Å². The van der Waals surface area contributed by atoms with Crippen molar-refractivity contribution in [3.05, 3.63) is 30.6 Å². The van der Waals surface area contributed by atoms with E-state index in [0.717, 1.165) is 60.9 Å². The summed E-state index contributed by atoms with van der Waals surface area (Å²) in [4.78, 5) is 19.2. The van der Waals surface area contributed by atoms with Crippen molar-refractivity contribution in [1.29, 1.82) is 0 Å². The summed E-state index contributed by atoms with van der Waals surface area (Å²) in [6, 6.07) is 7.88. The van der Waals surface area contributed by atoms with Crippen LogP contribution in [-0.2, 0) is 0 Å². The van der Waals surface area contributed by atoms with Gasteiger partial charge in [0.25, 0.3) is 0 Å². The van der Waals surface area contributed by atoms with Crippen molar-refractivity contribution in [2.24, 2.45) is 11.7 Å². The Bertz CT molecular complexity index is 852. The van der Waals surface area contributed by atoms with Crippen molar-refractivity contribution >= 4 is 17.1 Å². The summed E-state index contributed by atoms with van der Waals surface area (Å²) >= 11 is 0. The third-order valence-corrected chi connectivity index (χ3v) is 4.87. The van der Waals surface area contributed by atoms with E-state index >= 15 is 0 Å². The van der Waals surface area contributed by atoms with Gasteiger partial charge in [0, 0.05) is 18.7 Å². The quantitative estimate of drug-likeness (QED) is 0.757. The fraction of sp³-hybridized carbons (Fsp3) is 0.389. The van der Waals surface area contributed by atoms with Gasteiger partial charge in [0.15, 0.2) is 5.65 Å². The van der Waals surface area contributed by atoms with E-state index in [9.17, 15) is 0 Å². The van der Waals surface area contributed by atoms with Gasteiger partial charge in [-0.3, -0.25) is 0 Å². The largest absolute Gasteiger partial charge is 0.497 e. The molecule has 2 aromatic heterocycles. The average Bonchev–Trinajstić information content (AvgIpc) is 3.16. The van der Waals surface area contributed by atoms with Crippen LogP contribution in [0.5, 0.6) is 5.75 Å². The van der Waals surface area contributed by atoms with Gasteiger partial charge < -0.3 is 20.4 Å². The Morgan fingerprint density at radius 1 is 1.20 bits per heavy atom. The minimum absolute atomic E-state index is 0.603. The minimum Gasteiger partial charge on any atom is -0.497 e. The lowest BCUT2D eigenvalue weighted by Gasteiger charge is -2.31. The van der Waals surface area contributed by atoms with Crippen LogP contribution in [0.15, 0.2) is 30.6 Å². The topological polar surface area (TPSA) is 92.9 Å². The summed E-state index contributed by atoms with van der Waals surface area (Å²) in [6.45, 7) is 2.61. The zero-order chi connectivity index (χ0) is 17.2. The fourth-order valence-electron chi connectivity index (χ4n) is 3.29. The summed E-state index contributed by atoms with van der Waals surface area (Å²) in [5.74, 6) is 2.16. The number of hydrogen-bond acceptors (Lipinski definition) is 6. The van der Waals surface area contributed by atoms with Gasteiger partial charge in [-0.15, -0.1) is 0 Å². The molecule has 3 N–H and O–H groups in total. The molecule has 0 amide bonds. The second-order valence-corrected chi connectivity index (χ2v) is 6.37. The molecule has 0 spiro atoms. The molecule has 1 fully saturated rings. The summed E-state index contributed by atoms with van der Waals surface area (Å²) < 4.78 is 5.25. The molecule has 1 saturated heterocycles. The van der Waals surface area contributed by atoms with E-state index < -0.39 is 0 Å².